The zero-order valence-electron chi connectivity index (χ0n) is 12.7. The molecule has 4 nitrogen and oxygen atoms in total. The van der Waals surface area contributed by atoms with Crippen molar-refractivity contribution in [2.24, 2.45) is 5.92 Å². The quantitative estimate of drug-likeness (QED) is 0.640. The molecule has 2 rings (SSSR count). The highest BCUT2D eigenvalue weighted by atomic mass is 16.2. The molecule has 1 N–H and O–H groups in total. The molecule has 1 aliphatic rings. The van der Waals surface area contributed by atoms with Crippen LogP contribution in [0.2, 0.25) is 0 Å². The summed E-state index contributed by atoms with van der Waals surface area (Å²) in [4.78, 5) is 36.3. The Morgan fingerprint density at radius 3 is 2.50 bits per heavy atom. The average molecular weight is 299 g/mol. The van der Waals surface area contributed by atoms with Gasteiger partial charge in [0, 0.05) is 18.8 Å². The molecule has 4 heteroatoms. The monoisotopic (exact) mass is 299 g/mol. The second kappa shape index (κ2) is 7.69. The predicted octanol–water partition coefficient (Wildman–Crippen LogP) is 2.75. The summed E-state index contributed by atoms with van der Waals surface area (Å²) in [6.45, 7) is 1.77. The Morgan fingerprint density at radius 2 is 1.77 bits per heavy atom. The highest BCUT2D eigenvalue weighted by molar-refractivity contribution is 6.38. The maximum atomic E-state index is 12.2. The topological polar surface area (TPSA) is 63.2 Å². The van der Waals surface area contributed by atoms with Gasteiger partial charge in [0.25, 0.3) is 0 Å². The van der Waals surface area contributed by atoms with Crippen molar-refractivity contribution < 1.29 is 14.4 Å². The minimum atomic E-state index is -0.444. The average Bonchev–Trinajstić information content (AvgIpc) is 2.52. The molecule has 116 valence electrons. The highest BCUT2D eigenvalue weighted by Crippen LogP contribution is 2.19. The van der Waals surface area contributed by atoms with Gasteiger partial charge in [0.2, 0.25) is 17.5 Å². The number of hydrogen-bond donors (Lipinski definition) is 1. The van der Waals surface area contributed by atoms with Crippen molar-refractivity contribution in [3.05, 3.63) is 48.0 Å². The Bertz CT molecular complexity index is 577. The third-order valence-electron chi connectivity index (χ3n) is 3.84. The van der Waals surface area contributed by atoms with Crippen molar-refractivity contribution in [3.63, 3.8) is 0 Å². The first-order valence-corrected chi connectivity index (χ1v) is 7.64. The molecule has 0 aromatic heterocycles. The minimum Gasteiger partial charge on any atom is -0.349 e. The van der Waals surface area contributed by atoms with Crippen molar-refractivity contribution in [3.8, 4) is 0 Å². The fourth-order valence-electron chi connectivity index (χ4n) is 2.50. The first kappa shape index (κ1) is 16.1. The molecule has 0 bridgehead atoms. The van der Waals surface area contributed by atoms with E-state index < -0.39 is 11.8 Å². The smallest absolute Gasteiger partial charge is 0.220 e. The van der Waals surface area contributed by atoms with Gasteiger partial charge in [0.15, 0.2) is 0 Å². The van der Waals surface area contributed by atoms with Gasteiger partial charge in [-0.25, -0.2) is 0 Å². The number of carbonyl (C=O) groups is 3. The van der Waals surface area contributed by atoms with E-state index in [1.165, 1.54) is 0 Å². The van der Waals surface area contributed by atoms with Crippen LogP contribution in [0.4, 0.5) is 0 Å². The van der Waals surface area contributed by atoms with Crippen LogP contribution in [-0.2, 0) is 14.4 Å². The van der Waals surface area contributed by atoms with Crippen LogP contribution >= 0.6 is 0 Å². The number of allylic oxidation sites excluding steroid dienone is 2. The molecular weight excluding hydrogens is 278 g/mol. The number of amides is 1. The summed E-state index contributed by atoms with van der Waals surface area (Å²) in [6.07, 6.45) is 5.36. The fraction of sp³-hybridized carbons (Fsp3) is 0.389. The van der Waals surface area contributed by atoms with E-state index in [2.05, 4.69) is 5.32 Å². The SMILES string of the molecule is C[C@@H]1C/C=C/CCC(=O)N[C@H](c2ccccc2)CC(=O)C1=O. The Balaban J connectivity index is 2.23. The zero-order chi connectivity index (χ0) is 15.9. The molecular formula is C18H21NO3. The van der Waals surface area contributed by atoms with Crippen LogP contribution < -0.4 is 5.32 Å². The fourth-order valence-corrected chi connectivity index (χ4v) is 2.50. The van der Waals surface area contributed by atoms with Crippen molar-refractivity contribution in [1.29, 1.82) is 0 Å². The lowest BCUT2D eigenvalue weighted by atomic mass is 9.92. The van der Waals surface area contributed by atoms with Crippen molar-refractivity contribution in [1.82, 2.24) is 5.32 Å². The van der Waals surface area contributed by atoms with E-state index in [4.69, 9.17) is 0 Å². The van der Waals surface area contributed by atoms with Crippen LogP contribution in [0, 0.1) is 5.92 Å². The van der Waals surface area contributed by atoms with Crippen molar-refractivity contribution in [2.75, 3.05) is 0 Å². The zero-order valence-corrected chi connectivity index (χ0v) is 12.7. The molecule has 0 spiro atoms. The van der Waals surface area contributed by atoms with Gasteiger partial charge in [-0.2, -0.15) is 0 Å². The van der Waals surface area contributed by atoms with E-state index >= 15 is 0 Å². The lowest BCUT2D eigenvalue weighted by Crippen LogP contribution is -2.33. The van der Waals surface area contributed by atoms with E-state index in [0.717, 1.165) is 5.56 Å². The number of Topliss-reactive ketones (excluding diaryl/α,β-unsaturated/α-hetero) is 2. The molecule has 0 saturated carbocycles. The van der Waals surface area contributed by atoms with Gasteiger partial charge < -0.3 is 5.32 Å². The third kappa shape index (κ3) is 4.38. The summed E-state index contributed by atoms with van der Waals surface area (Å²) in [5, 5.41) is 2.87. The van der Waals surface area contributed by atoms with Gasteiger partial charge >= 0.3 is 0 Å². The summed E-state index contributed by atoms with van der Waals surface area (Å²) in [6, 6.07) is 8.86. The van der Waals surface area contributed by atoms with E-state index in [1.54, 1.807) is 6.92 Å². The molecule has 0 radical (unpaired) electrons. The van der Waals surface area contributed by atoms with Gasteiger partial charge in [-0.1, -0.05) is 49.4 Å². The normalized spacial score (nSPS) is 25.8. The Hall–Kier alpha value is -2.23. The molecule has 1 heterocycles. The standard InChI is InChI=1S/C18H21NO3/c1-13-8-4-2-7-11-17(21)19-15(12-16(20)18(13)22)14-9-5-3-6-10-14/h2-6,9-10,13,15H,7-8,11-12H2,1H3,(H,19,21)/b4-2+/t13-,15+/m1/s1. The first-order chi connectivity index (χ1) is 10.6. The third-order valence-corrected chi connectivity index (χ3v) is 3.84. The van der Waals surface area contributed by atoms with Crippen molar-refractivity contribution >= 4 is 17.5 Å². The summed E-state index contributed by atoms with van der Waals surface area (Å²) < 4.78 is 0. The summed E-state index contributed by atoms with van der Waals surface area (Å²) in [5.41, 5.74) is 0.845. The van der Waals surface area contributed by atoms with Gasteiger partial charge in [0.05, 0.1) is 6.04 Å². The lowest BCUT2D eigenvalue weighted by Gasteiger charge is -2.19. The van der Waals surface area contributed by atoms with Gasteiger partial charge in [-0.15, -0.1) is 0 Å². The number of benzene rings is 1. The van der Waals surface area contributed by atoms with Crippen LogP contribution in [0.15, 0.2) is 42.5 Å². The largest absolute Gasteiger partial charge is 0.349 e. The van der Waals surface area contributed by atoms with E-state index in [0.29, 0.717) is 19.3 Å². The van der Waals surface area contributed by atoms with Gasteiger partial charge in [0.1, 0.15) is 0 Å². The summed E-state index contributed by atoms with van der Waals surface area (Å²) in [7, 11) is 0. The number of nitrogens with one attached hydrogen (secondary N) is 1. The lowest BCUT2D eigenvalue weighted by molar-refractivity contribution is -0.139. The van der Waals surface area contributed by atoms with E-state index in [1.807, 2.05) is 42.5 Å². The highest BCUT2D eigenvalue weighted by Gasteiger charge is 2.25. The summed E-state index contributed by atoms with van der Waals surface area (Å²) >= 11 is 0. The van der Waals surface area contributed by atoms with Crippen LogP contribution in [0.25, 0.3) is 0 Å². The molecule has 0 unspecified atom stereocenters. The second-order valence-electron chi connectivity index (χ2n) is 5.67. The number of carbonyl (C=O) groups excluding carboxylic acids is 3. The first-order valence-electron chi connectivity index (χ1n) is 7.64. The number of hydrogen-bond acceptors (Lipinski definition) is 3. The summed E-state index contributed by atoms with van der Waals surface area (Å²) in [5.74, 6) is -1.20. The second-order valence-corrected chi connectivity index (χ2v) is 5.67. The molecule has 2 atom stereocenters. The van der Waals surface area contributed by atoms with E-state index in [9.17, 15) is 14.4 Å². The molecule has 0 aliphatic carbocycles. The molecule has 1 aromatic rings. The molecule has 1 amide bonds. The van der Waals surface area contributed by atoms with Crippen LogP contribution in [-0.4, -0.2) is 17.5 Å². The molecule has 1 aromatic carbocycles. The van der Waals surface area contributed by atoms with Gasteiger partial charge in [-0.3, -0.25) is 14.4 Å². The van der Waals surface area contributed by atoms with Crippen LogP contribution in [0.1, 0.15) is 44.2 Å². The Labute approximate surface area is 130 Å². The maximum Gasteiger partial charge on any atom is 0.220 e. The van der Waals surface area contributed by atoms with E-state index in [-0.39, 0.29) is 24.0 Å². The molecule has 0 fully saturated rings. The van der Waals surface area contributed by atoms with Crippen LogP contribution in [0.5, 0.6) is 0 Å². The predicted molar refractivity (Wildman–Crippen MR) is 84.1 cm³/mol. The molecule has 1 aliphatic heterocycles. The number of ketones is 2. The van der Waals surface area contributed by atoms with Crippen molar-refractivity contribution in [2.45, 2.75) is 38.6 Å². The Kier molecular flexibility index (Phi) is 5.64. The van der Waals surface area contributed by atoms with Gasteiger partial charge in [-0.05, 0) is 18.4 Å². The molecule has 22 heavy (non-hydrogen) atoms. The maximum absolute atomic E-state index is 12.2. The minimum absolute atomic E-state index is 0.0165. The molecule has 0 saturated heterocycles. The Morgan fingerprint density at radius 1 is 1.05 bits per heavy atom. The number of rotatable bonds is 1. The van der Waals surface area contributed by atoms with Crippen LogP contribution in [0.3, 0.4) is 0 Å².